The summed E-state index contributed by atoms with van der Waals surface area (Å²) in [5.74, 6) is 0.806. The van der Waals surface area contributed by atoms with Gasteiger partial charge in [0.15, 0.2) is 0 Å². The fourth-order valence-corrected chi connectivity index (χ4v) is 4.09. The monoisotopic (exact) mass is 477 g/mol. The molecule has 0 saturated heterocycles. The first-order chi connectivity index (χ1) is 17.6. The van der Waals surface area contributed by atoms with Gasteiger partial charge in [-0.25, -0.2) is 0 Å². The van der Waals surface area contributed by atoms with Gasteiger partial charge in [-0.2, -0.15) is 5.26 Å². The van der Waals surface area contributed by atoms with Gasteiger partial charge in [0.25, 0.3) is 0 Å². The zero-order valence-corrected chi connectivity index (χ0v) is 21.7. The van der Waals surface area contributed by atoms with Crippen LogP contribution in [-0.4, -0.2) is 7.11 Å². The second-order valence-corrected chi connectivity index (χ2v) is 8.64. The molecular weight excluding hydrogens is 442 g/mol. The molecule has 1 unspecified atom stereocenters. The Morgan fingerprint density at radius 2 is 1.83 bits per heavy atom. The van der Waals surface area contributed by atoms with Crippen molar-refractivity contribution in [2.24, 2.45) is 0 Å². The molecule has 0 aliphatic carbocycles. The van der Waals surface area contributed by atoms with E-state index in [-0.39, 0.29) is 6.10 Å². The Labute approximate surface area is 216 Å². The third-order valence-electron chi connectivity index (χ3n) is 6.08. The third kappa shape index (κ3) is 7.07. The molecule has 36 heavy (non-hydrogen) atoms. The second kappa shape index (κ2) is 13.9. The number of ether oxygens (including phenoxy) is 2. The van der Waals surface area contributed by atoms with Crippen LogP contribution in [0.25, 0.3) is 11.1 Å². The predicted octanol–water partition coefficient (Wildman–Crippen LogP) is 8.66. The van der Waals surface area contributed by atoms with Gasteiger partial charge in [-0.05, 0) is 72.4 Å². The standard InChI is InChI=1S/C33H35NO2/c1-5-7-8-9-10-16-27(6-2)33(36-24-26-15-13-17-30(21-26)35-4)28-19-20-29(23-34)32(22-28)31-18-12-11-14-25(31)3/h6,8-22,33H,5,7,24H2,1-4H3/b9-8+,16-10-,27-6+. The Morgan fingerprint density at radius 3 is 2.56 bits per heavy atom. The molecule has 0 aliphatic rings. The molecule has 0 heterocycles. The van der Waals surface area contributed by atoms with E-state index in [2.05, 4.69) is 68.5 Å². The average Bonchev–Trinajstić information content (AvgIpc) is 2.92. The zero-order valence-electron chi connectivity index (χ0n) is 21.7. The van der Waals surface area contributed by atoms with Gasteiger partial charge < -0.3 is 9.47 Å². The molecule has 3 nitrogen and oxygen atoms in total. The smallest absolute Gasteiger partial charge is 0.119 e. The van der Waals surface area contributed by atoms with Crippen LogP contribution in [0.4, 0.5) is 0 Å². The number of nitrogens with zero attached hydrogens (tertiary/aromatic N) is 1. The molecule has 0 saturated carbocycles. The lowest BCUT2D eigenvalue weighted by Crippen LogP contribution is -2.08. The highest BCUT2D eigenvalue weighted by Gasteiger charge is 2.19. The van der Waals surface area contributed by atoms with E-state index in [0.29, 0.717) is 12.2 Å². The summed E-state index contributed by atoms with van der Waals surface area (Å²) in [6.45, 7) is 6.70. The van der Waals surface area contributed by atoms with Crippen LogP contribution in [-0.2, 0) is 11.3 Å². The summed E-state index contributed by atoms with van der Waals surface area (Å²) in [5.41, 5.74) is 6.86. The molecule has 3 aromatic carbocycles. The molecule has 0 N–H and O–H groups in total. The third-order valence-corrected chi connectivity index (χ3v) is 6.08. The number of nitriles is 1. The normalized spacial score (nSPS) is 12.7. The van der Waals surface area contributed by atoms with Crippen molar-refractivity contribution in [2.45, 2.75) is 46.3 Å². The first kappa shape index (κ1) is 26.7. The van der Waals surface area contributed by atoms with Crippen LogP contribution >= 0.6 is 0 Å². The first-order valence-electron chi connectivity index (χ1n) is 12.4. The lowest BCUT2D eigenvalue weighted by molar-refractivity contribution is 0.0661. The van der Waals surface area contributed by atoms with E-state index in [9.17, 15) is 5.26 Å². The Kier molecular flexibility index (Phi) is 10.3. The molecule has 0 aromatic heterocycles. The van der Waals surface area contributed by atoms with Gasteiger partial charge in [0.05, 0.1) is 25.3 Å². The molecule has 0 amide bonds. The Hall–Kier alpha value is -3.87. The number of allylic oxidation sites excluding steroid dienone is 4. The topological polar surface area (TPSA) is 42.2 Å². The quantitative estimate of drug-likeness (QED) is 0.259. The van der Waals surface area contributed by atoms with Crippen LogP contribution < -0.4 is 4.74 Å². The highest BCUT2D eigenvalue weighted by molar-refractivity contribution is 5.74. The van der Waals surface area contributed by atoms with Gasteiger partial charge in [0.1, 0.15) is 11.9 Å². The summed E-state index contributed by atoms with van der Waals surface area (Å²) in [6, 6.07) is 24.5. The van der Waals surface area contributed by atoms with Crippen molar-refractivity contribution in [1.82, 2.24) is 0 Å². The summed E-state index contributed by atoms with van der Waals surface area (Å²) in [4.78, 5) is 0. The number of hydrogen-bond acceptors (Lipinski definition) is 3. The van der Waals surface area contributed by atoms with E-state index in [1.165, 1.54) is 0 Å². The van der Waals surface area contributed by atoms with E-state index < -0.39 is 0 Å². The van der Waals surface area contributed by atoms with Crippen molar-refractivity contribution in [3.8, 4) is 22.9 Å². The maximum absolute atomic E-state index is 9.82. The van der Waals surface area contributed by atoms with Crippen molar-refractivity contribution in [1.29, 1.82) is 5.26 Å². The number of unbranched alkanes of at least 4 members (excludes halogenated alkanes) is 1. The van der Waals surface area contributed by atoms with Gasteiger partial charge in [0, 0.05) is 5.56 Å². The molecule has 184 valence electrons. The maximum Gasteiger partial charge on any atom is 0.119 e. The molecule has 0 aliphatic heterocycles. The lowest BCUT2D eigenvalue weighted by Gasteiger charge is -2.22. The average molecular weight is 478 g/mol. The molecule has 1 atom stereocenters. The van der Waals surface area contributed by atoms with Crippen molar-refractivity contribution in [3.63, 3.8) is 0 Å². The van der Waals surface area contributed by atoms with Crippen molar-refractivity contribution >= 4 is 0 Å². The highest BCUT2D eigenvalue weighted by Crippen LogP contribution is 2.34. The number of methoxy groups -OCH3 is 1. The predicted molar refractivity (Wildman–Crippen MR) is 149 cm³/mol. The van der Waals surface area contributed by atoms with E-state index in [1.54, 1.807) is 7.11 Å². The summed E-state index contributed by atoms with van der Waals surface area (Å²) < 4.78 is 11.9. The van der Waals surface area contributed by atoms with Crippen molar-refractivity contribution in [2.75, 3.05) is 7.11 Å². The van der Waals surface area contributed by atoms with E-state index >= 15 is 0 Å². The minimum absolute atomic E-state index is 0.299. The molecular formula is C33H35NO2. The van der Waals surface area contributed by atoms with Gasteiger partial charge in [-0.1, -0.05) is 86.2 Å². The summed E-state index contributed by atoms with van der Waals surface area (Å²) >= 11 is 0. The molecule has 3 heteroatoms. The van der Waals surface area contributed by atoms with Crippen molar-refractivity contribution in [3.05, 3.63) is 125 Å². The van der Waals surface area contributed by atoms with Crippen LogP contribution in [0.2, 0.25) is 0 Å². The summed E-state index contributed by atoms with van der Waals surface area (Å²) in [7, 11) is 1.67. The number of rotatable bonds is 11. The fourth-order valence-electron chi connectivity index (χ4n) is 4.09. The molecule has 0 spiro atoms. The minimum atomic E-state index is -0.299. The van der Waals surface area contributed by atoms with E-state index in [0.717, 1.165) is 52.0 Å². The molecule has 0 fully saturated rings. The number of hydrogen-bond donors (Lipinski definition) is 0. The molecule has 3 rings (SSSR count). The lowest BCUT2D eigenvalue weighted by atomic mass is 9.91. The largest absolute Gasteiger partial charge is 0.497 e. The number of aryl methyl sites for hydroxylation is 1. The minimum Gasteiger partial charge on any atom is -0.497 e. The Bertz CT molecular complexity index is 1280. The Morgan fingerprint density at radius 1 is 1.00 bits per heavy atom. The van der Waals surface area contributed by atoms with Gasteiger partial charge >= 0.3 is 0 Å². The fraction of sp³-hybridized carbons (Fsp3) is 0.242. The second-order valence-electron chi connectivity index (χ2n) is 8.64. The maximum atomic E-state index is 9.82. The van der Waals surface area contributed by atoms with Crippen LogP contribution in [0.5, 0.6) is 5.75 Å². The van der Waals surface area contributed by atoms with Crippen LogP contribution in [0, 0.1) is 18.3 Å². The van der Waals surface area contributed by atoms with E-state index in [4.69, 9.17) is 9.47 Å². The SMILES string of the molecule is C\C=C(/C=C\C=C\CCC)C(OCc1cccc(OC)c1)c1ccc(C#N)c(-c2ccccc2C)c1. The van der Waals surface area contributed by atoms with Crippen molar-refractivity contribution < 1.29 is 9.47 Å². The van der Waals surface area contributed by atoms with Gasteiger partial charge in [-0.3, -0.25) is 0 Å². The summed E-state index contributed by atoms with van der Waals surface area (Å²) in [6.07, 6.45) is 12.4. The van der Waals surface area contributed by atoms with E-state index in [1.807, 2.05) is 55.5 Å². The first-order valence-corrected chi connectivity index (χ1v) is 12.4. The summed E-state index contributed by atoms with van der Waals surface area (Å²) in [5, 5.41) is 9.82. The van der Waals surface area contributed by atoms with Gasteiger partial charge in [0.2, 0.25) is 0 Å². The van der Waals surface area contributed by atoms with Gasteiger partial charge in [-0.15, -0.1) is 0 Å². The molecule has 0 bridgehead atoms. The number of benzene rings is 3. The molecule has 3 aromatic rings. The zero-order chi connectivity index (χ0) is 25.8. The van der Waals surface area contributed by atoms with Crippen LogP contribution in [0.15, 0.2) is 103 Å². The Balaban J connectivity index is 2.02. The van der Waals surface area contributed by atoms with Crippen LogP contribution in [0.3, 0.4) is 0 Å². The highest BCUT2D eigenvalue weighted by atomic mass is 16.5. The molecule has 0 radical (unpaired) electrons. The van der Waals surface area contributed by atoms with Crippen LogP contribution in [0.1, 0.15) is 55.0 Å².